The molecule has 0 aliphatic heterocycles. The Morgan fingerprint density at radius 1 is 0.703 bits per heavy atom. The molecule has 0 radical (unpaired) electrons. The molecule has 0 amide bonds. The van der Waals surface area contributed by atoms with Gasteiger partial charge in [-0.1, -0.05) is 47.5 Å². The normalized spacial score (nSPS) is 12.1. The summed E-state index contributed by atoms with van der Waals surface area (Å²) in [6.45, 7) is 4.26. The van der Waals surface area contributed by atoms with Crippen LogP contribution in [0.15, 0.2) is 136 Å². The lowest BCUT2D eigenvalue weighted by molar-refractivity contribution is -0.458. The Kier molecular flexibility index (Phi) is 10.6. The van der Waals surface area contributed by atoms with Crippen molar-refractivity contribution in [2.45, 2.75) is 28.5 Å². The molecule has 3 nitrogen and oxygen atoms in total. The highest BCUT2D eigenvalue weighted by atomic mass is 32.2. The Hall–Kier alpha value is -3.76. The minimum Gasteiger partial charge on any atom is -0.457 e. The molecule has 3 rings (SSSR count). The topological polar surface area (TPSA) is 15.5 Å². The molecule has 3 aromatic rings. The molecule has 0 bridgehead atoms. The maximum Gasteiger partial charge on any atom is 0.166 e. The first kappa shape index (κ1) is 27.8. The standard InChI is InChI=1S/C33H38N2OS/c1-27-13-19-31(20-14-27)37(32-21-15-28(2)16-22-32)33-23-17-30(18-24-33)36-29(11-7-9-25-34(3)4)12-8-10-26-35(5)6/h7-26H,1-6H3/q+2. The van der Waals surface area contributed by atoms with Crippen molar-refractivity contribution >= 4 is 17.1 Å². The Bertz CT molecular complexity index is 1230. The van der Waals surface area contributed by atoms with Crippen molar-refractivity contribution in [1.29, 1.82) is 0 Å². The Morgan fingerprint density at radius 3 is 1.70 bits per heavy atom. The van der Waals surface area contributed by atoms with E-state index in [4.69, 9.17) is 4.74 Å². The van der Waals surface area contributed by atoms with Crippen LogP contribution in [0.2, 0.25) is 0 Å². The summed E-state index contributed by atoms with van der Waals surface area (Å²) < 4.78 is 8.26. The summed E-state index contributed by atoms with van der Waals surface area (Å²) >= 11 is 0. The van der Waals surface area contributed by atoms with Gasteiger partial charge >= 0.3 is 0 Å². The Balaban J connectivity index is 1.88. The van der Waals surface area contributed by atoms with E-state index in [0.29, 0.717) is 0 Å². The molecule has 0 fully saturated rings. The van der Waals surface area contributed by atoms with Crippen molar-refractivity contribution in [2.75, 3.05) is 28.2 Å². The molecular weight excluding hydrogens is 472 g/mol. The van der Waals surface area contributed by atoms with Crippen LogP contribution < -0.4 is 4.74 Å². The molecule has 190 valence electrons. The van der Waals surface area contributed by atoms with Gasteiger partial charge in [-0.3, -0.25) is 0 Å². The molecule has 37 heavy (non-hydrogen) atoms. The summed E-state index contributed by atoms with van der Waals surface area (Å²) in [5.74, 6) is 1.56. The Labute approximate surface area is 225 Å². The second-order valence-electron chi connectivity index (χ2n) is 9.24. The van der Waals surface area contributed by atoms with Crippen molar-refractivity contribution in [3.05, 3.63) is 132 Å². The number of ether oxygens (including phenoxy) is 1. The number of benzene rings is 3. The van der Waals surface area contributed by atoms with Gasteiger partial charge in [0.2, 0.25) is 0 Å². The summed E-state index contributed by atoms with van der Waals surface area (Å²) in [6, 6.07) is 26.2. The molecule has 0 aromatic heterocycles. The number of rotatable bonds is 10. The van der Waals surface area contributed by atoms with Crippen LogP contribution in [0.25, 0.3) is 0 Å². The first-order valence-corrected chi connectivity index (χ1v) is 13.6. The van der Waals surface area contributed by atoms with E-state index in [1.54, 1.807) is 0 Å². The van der Waals surface area contributed by atoms with Crippen molar-refractivity contribution < 1.29 is 9.31 Å². The van der Waals surface area contributed by atoms with E-state index in [0.717, 1.165) is 11.5 Å². The first-order chi connectivity index (χ1) is 17.8. The molecule has 0 atom stereocenters. The monoisotopic (exact) mass is 510 g/mol. The fraction of sp³-hybridized carbons (Fsp3) is 0.182. The third kappa shape index (κ3) is 9.32. The average molecular weight is 511 g/mol. The highest BCUT2D eigenvalue weighted by molar-refractivity contribution is 7.97. The van der Waals surface area contributed by atoms with Crippen molar-refractivity contribution in [3.63, 3.8) is 0 Å². The zero-order chi connectivity index (χ0) is 26.6. The summed E-state index contributed by atoms with van der Waals surface area (Å²) in [5, 5.41) is 0. The van der Waals surface area contributed by atoms with Crippen molar-refractivity contribution in [1.82, 2.24) is 4.90 Å². The number of nitrogens with zero attached hydrogens (tertiary/aromatic N) is 2. The smallest absolute Gasteiger partial charge is 0.166 e. The third-order valence-corrected chi connectivity index (χ3v) is 7.55. The van der Waals surface area contributed by atoms with Crippen LogP contribution in [0, 0.1) is 13.8 Å². The Morgan fingerprint density at radius 2 is 1.22 bits per heavy atom. The van der Waals surface area contributed by atoms with Gasteiger partial charge in [-0.25, -0.2) is 4.58 Å². The largest absolute Gasteiger partial charge is 0.457 e. The molecule has 0 unspecified atom stereocenters. The molecule has 0 saturated heterocycles. The van der Waals surface area contributed by atoms with Crippen molar-refractivity contribution in [2.24, 2.45) is 0 Å². The summed E-state index contributed by atoms with van der Waals surface area (Å²) in [4.78, 5) is 5.87. The molecule has 0 N–H and O–H groups in total. The van der Waals surface area contributed by atoms with Gasteiger partial charge in [0, 0.05) is 20.2 Å². The number of hydrogen-bond donors (Lipinski definition) is 0. The minimum atomic E-state index is -0.191. The van der Waals surface area contributed by atoms with E-state index < -0.39 is 0 Å². The molecule has 3 aromatic carbocycles. The third-order valence-electron chi connectivity index (χ3n) is 5.32. The van der Waals surface area contributed by atoms with Gasteiger partial charge in [-0.05, 0) is 86.8 Å². The highest BCUT2D eigenvalue weighted by Crippen LogP contribution is 2.32. The molecule has 0 aliphatic carbocycles. The number of hydrogen-bond acceptors (Lipinski definition) is 2. The zero-order valence-electron chi connectivity index (χ0n) is 22.8. The quantitative estimate of drug-likeness (QED) is 0.0943. The highest BCUT2D eigenvalue weighted by Gasteiger charge is 2.28. The summed E-state index contributed by atoms with van der Waals surface area (Å²) in [5.41, 5.74) is 2.54. The van der Waals surface area contributed by atoms with Crippen LogP contribution in [0.1, 0.15) is 11.1 Å². The van der Waals surface area contributed by atoms with E-state index in [1.807, 2.05) is 86.5 Å². The van der Waals surface area contributed by atoms with E-state index in [9.17, 15) is 0 Å². The van der Waals surface area contributed by atoms with E-state index in [1.165, 1.54) is 25.8 Å². The maximum atomic E-state index is 6.26. The number of allylic oxidation sites excluding steroid dienone is 6. The molecule has 0 saturated carbocycles. The van der Waals surface area contributed by atoms with Crippen LogP contribution >= 0.6 is 0 Å². The van der Waals surface area contributed by atoms with Gasteiger partial charge in [-0.15, -0.1) is 0 Å². The van der Waals surface area contributed by atoms with E-state index in [2.05, 4.69) is 86.6 Å². The van der Waals surface area contributed by atoms with Gasteiger partial charge in [0.05, 0.1) is 10.9 Å². The lowest BCUT2D eigenvalue weighted by atomic mass is 10.2. The second kappa shape index (κ2) is 14.1. The summed E-state index contributed by atoms with van der Waals surface area (Å²) in [7, 11) is 7.81. The predicted octanol–water partition coefficient (Wildman–Crippen LogP) is 7.19. The maximum absolute atomic E-state index is 6.26. The number of aryl methyl sites for hydroxylation is 2. The van der Waals surface area contributed by atoms with Gasteiger partial charge < -0.3 is 9.64 Å². The molecule has 0 spiro atoms. The van der Waals surface area contributed by atoms with Crippen LogP contribution in [-0.4, -0.2) is 43.9 Å². The van der Waals surface area contributed by atoms with Gasteiger partial charge in [0.15, 0.2) is 20.9 Å². The first-order valence-electron chi connectivity index (χ1n) is 12.4. The second-order valence-corrected chi connectivity index (χ2v) is 11.3. The SMILES string of the molecule is Cc1ccc([S+](c2ccc(C)cc2)c2ccc(OC(=C\C=C\C=[N+](C)C)/C=C/C=C/N(C)C)cc2)cc1. The van der Waals surface area contributed by atoms with Crippen LogP contribution in [0.3, 0.4) is 0 Å². The van der Waals surface area contributed by atoms with Crippen molar-refractivity contribution in [3.8, 4) is 5.75 Å². The van der Waals surface area contributed by atoms with Crippen LogP contribution in [0.5, 0.6) is 5.75 Å². The predicted molar refractivity (Wildman–Crippen MR) is 159 cm³/mol. The summed E-state index contributed by atoms with van der Waals surface area (Å²) in [6.07, 6.45) is 15.9. The van der Waals surface area contributed by atoms with Crippen LogP contribution in [-0.2, 0) is 10.9 Å². The van der Waals surface area contributed by atoms with Crippen LogP contribution in [0.4, 0.5) is 0 Å². The molecule has 4 heteroatoms. The fourth-order valence-corrected chi connectivity index (χ4v) is 5.45. The van der Waals surface area contributed by atoms with Gasteiger partial charge in [0.25, 0.3) is 0 Å². The average Bonchev–Trinajstić information content (AvgIpc) is 2.87. The van der Waals surface area contributed by atoms with Gasteiger partial charge in [-0.2, -0.15) is 0 Å². The van der Waals surface area contributed by atoms with E-state index in [-0.39, 0.29) is 10.9 Å². The van der Waals surface area contributed by atoms with Gasteiger partial charge in [0.1, 0.15) is 25.6 Å². The molecule has 0 aliphatic rings. The zero-order valence-corrected chi connectivity index (χ0v) is 23.6. The van der Waals surface area contributed by atoms with E-state index >= 15 is 0 Å². The lowest BCUT2D eigenvalue weighted by Crippen LogP contribution is -2.05. The molecular formula is C33H38N2OS+2. The molecule has 0 heterocycles. The minimum absolute atomic E-state index is 0.191. The lowest BCUT2D eigenvalue weighted by Gasteiger charge is -2.10. The fourth-order valence-electron chi connectivity index (χ4n) is 3.40.